The maximum absolute atomic E-state index is 4.96. The van der Waals surface area contributed by atoms with Crippen LogP contribution in [0.25, 0.3) is 111 Å². The Labute approximate surface area is 346 Å². The van der Waals surface area contributed by atoms with Crippen molar-refractivity contribution in [2.45, 2.75) is 0 Å². The average molecular weight is 766 g/mol. The lowest BCUT2D eigenvalue weighted by atomic mass is 10.0. The molecule has 280 valence electrons. The zero-order valence-corrected chi connectivity index (χ0v) is 32.4. The molecule has 3 aromatic heterocycles. The van der Waals surface area contributed by atoms with E-state index in [-0.39, 0.29) is 0 Å². The van der Waals surface area contributed by atoms with Gasteiger partial charge in [0.15, 0.2) is 17.5 Å². The van der Waals surface area contributed by atoms with E-state index in [1.165, 1.54) is 60.2 Å². The topological polar surface area (TPSA) is 48.5 Å². The van der Waals surface area contributed by atoms with Crippen molar-refractivity contribution in [3.05, 3.63) is 212 Å². The van der Waals surface area contributed by atoms with Crippen molar-refractivity contribution in [1.82, 2.24) is 24.1 Å². The van der Waals surface area contributed by atoms with Gasteiger partial charge in [0, 0.05) is 49.3 Å². The molecular formula is C55H35N5. The lowest BCUT2D eigenvalue weighted by molar-refractivity contribution is 1.07. The molecule has 0 aliphatic heterocycles. The number of nitrogens with zero attached hydrogens (tertiary/aromatic N) is 5. The summed E-state index contributed by atoms with van der Waals surface area (Å²) >= 11 is 0. The molecule has 0 saturated carbocycles. The lowest BCUT2D eigenvalue weighted by Crippen LogP contribution is -2.00. The summed E-state index contributed by atoms with van der Waals surface area (Å²) in [4.78, 5) is 14.8. The second kappa shape index (κ2) is 13.8. The summed E-state index contributed by atoms with van der Waals surface area (Å²) in [5.41, 5.74) is 12.2. The first-order valence-corrected chi connectivity index (χ1v) is 20.3. The quantitative estimate of drug-likeness (QED) is 0.169. The minimum Gasteiger partial charge on any atom is -0.309 e. The number of rotatable bonds is 6. The van der Waals surface area contributed by atoms with Crippen LogP contribution in [-0.2, 0) is 0 Å². The first kappa shape index (κ1) is 33.9. The van der Waals surface area contributed by atoms with E-state index < -0.39 is 0 Å². The van der Waals surface area contributed by atoms with E-state index in [0.717, 1.165) is 33.4 Å². The van der Waals surface area contributed by atoms with Crippen LogP contribution in [0, 0.1) is 0 Å². The minimum absolute atomic E-state index is 0.637. The zero-order chi connectivity index (χ0) is 39.6. The molecule has 60 heavy (non-hydrogen) atoms. The van der Waals surface area contributed by atoms with Crippen molar-refractivity contribution < 1.29 is 0 Å². The molecule has 5 heteroatoms. The molecule has 0 N–H and O–H groups in total. The van der Waals surface area contributed by atoms with Crippen LogP contribution in [0.5, 0.6) is 0 Å². The van der Waals surface area contributed by atoms with Gasteiger partial charge in [-0.3, -0.25) is 0 Å². The van der Waals surface area contributed by atoms with E-state index in [4.69, 9.17) is 15.0 Å². The number of hydrogen-bond acceptors (Lipinski definition) is 3. The van der Waals surface area contributed by atoms with Gasteiger partial charge in [-0.2, -0.15) is 0 Å². The second-order valence-corrected chi connectivity index (χ2v) is 15.3. The first-order valence-electron chi connectivity index (χ1n) is 20.3. The van der Waals surface area contributed by atoms with Gasteiger partial charge in [-0.05, 0) is 83.2 Å². The highest BCUT2D eigenvalue weighted by molar-refractivity contribution is 6.13. The normalized spacial score (nSPS) is 11.7. The Morgan fingerprint density at radius 2 is 0.683 bits per heavy atom. The fourth-order valence-electron chi connectivity index (χ4n) is 8.94. The van der Waals surface area contributed by atoms with Crippen LogP contribution in [0.2, 0.25) is 0 Å². The molecule has 5 nitrogen and oxygen atoms in total. The highest BCUT2D eigenvalue weighted by Gasteiger charge is 2.18. The molecule has 0 aliphatic carbocycles. The van der Waals surface area contributed by atoms with E-state index >= 15 is 0 Å². The van der Waals surface area contributed by atoms with Crippen molar-refractivity contribution in [1.29, 1.82) is 0 Å². The summed E-state index contributed by atoms with van der Waals surface area (Å²) in [5.74, 6) is 1.94. The number of benzene rings is 9. The molecule has 0 amide bonds. The van der Waals surface area contributed by atoms with Crippen LogP contribution in [0.3, 0.4) is 0 Å². The van der Waals surface area contributed by atoms with Gasteiger partial charge in [0.25, 0.3) is 0 Å². The molecule has 0 radical (unpaired) electrons. The van der Waals surface area contributed by atoms with Gasteiger partial charge in [0.1, 0.15) is 0 Å². The Morgan fingerprint density at radius 3 is 1.27 bits per heavy atom. The van der Waals surface area contributed by atoms with Gasteiger partial charge in [-0.25, -0.2) is 15.0 Å². The van der Waals surface area contributed by atoms with E-state index in [1.807, 2.05) is 60.7 Å². The molecule has 0 unspecified atom stereocenters. The van der Waals surface area contributed by atoms with Crippen LogP contribution in [0.15, 0.2) is 212 Å². The average Bonchev–Trinajstić information content (AvgIpc) is 3.84. The predicted molar refractivity (Wildman–Crippen MR) is 248 cm³/mol. The summed E-state index contributed by atoms with van der Waals surface area (Å²) in [6.45, 7) is 0. The number of aromatic nitrogens is 5. The minimum atomic E-state index is 0.637. The SMILES string of the molecule is c1ccc(-c2nc(-c3ccccc3)nc(-c3ccc(-n4c5ccccc5c5cc(-c6ccc7c(c6)c6ccccc6n7-c6cccc7ccccc67)ccc54)cc3)n2)cc1. The van der Waals surface area contributed by atoms with E-state index in [1.54, 1.807) is 0 Å². The van der Waals surface area contributed by atoms with Crippen LogP contribution in [0.1, 0.15) is 0 Å². The van der Waals surface area contributed by atoms with E-state index in [0.29, 0.717) is 17.5 Å². The summed E-state index contributed by atoms with van der Waals surface area (Å²) in [5, 5.41) is 7.38. The van der Waals surface area contributed by atoms with Gasteiger partial charge in [0.2, 0.25) is 0 Å². The van der Waals surface area contributed by atoms with Crippen molar-refractivity contribution in [2.75, 3.05) is 0 Å². The highest BCUT2D eigenvalue weighted by Crippen LogP contribution is 2.39. The largest absolute Gasteiger partial charge is 0.309 e. The van der Waals surface area contributed by atoms with Crippen molar-refractivity contribution in [3.63, 3.8) is 0 Å². The maximum Gasteiger partial charge on any atom is 0.164 e. The van der Waals surface area contributed by atoms with Crippen LogP contribution in [-0.4, -0.2) is 24.1 Å². The lowest BCUT2D eigenvalue weighted by Gasteiger charge is -2.12. The fraction of sp³-hybridized carbons (Fsp3) is 0. The molecule has 0 bridgehead atoms. The Balaban J connectivity index is 0.958. The van der Waals surface area contributed by atoms with E-state index in [9.17, 15) is 0 Å². The van der Waals surface area contributed by atoms with Gasteiger partial charge in [-0.1, -0.05) is 146 Å². The smallest absolute Gasteiger partial charge is 0.164 e. The third-order valence-electron chi connectivity index (χ3n) is 11.8. The van der Waals surface area contributed by atoms with Crippen LogP contribution >= 0.6 is 0 Å². The highest BCUT2D eigenvalue weighted by atomic mass is 15.0. The number of fused-ring (bicyclic) bond motifs is 7. The number of para-hydroxylation sites is 2. The Hall–Kier alpha value is -8.15. The third kappa shape index (κ3) is 5.52. The fourth-order valence-corrected chi connectivity index (χ4v) is 8.94. The summed E-state index contributed by atoms with van der Waals surface area (Å²) < 4.78 is 4.78. The molecule has 0 fully saturated rings. The zero-order valence-electron chi connectivity index (χ0n) is 32.4. The van der Waals surface area contributed by atoms with E-state index in [2.05, 4.69) is 161 Å². The molecular weight excluding hydrogens is 731 g/mol. The Bertz CT molecular complexity index is 3520. The Kier molecular flexibility index (Phi) is 7.78. The first-order chi connectivity index (χ1) is 29.7. The molecule has 3 heterocycles. The van der Waals surface area contributed by atoms with Crippen molar-refractivity contribution in [3.8, 4) is 56.7 Å². The second-order valence-electron chi connectivity index (χ2n) is 15.3. The Morgan fingerprint density at radius 1 is 0.267 bits per heavy atom. The van der Waals surface area contributed by atoms with Crippen LogP contribution in [0.4, 0.5) is 0 Å². The maximum atomic E-state index is 4.96. The van der Waals surface area contributed by atoms with Crippen molar-refractivity contribution in [2.24, 2.45) is 0 Å². The summed E-state index contributed by atoms with van der Waals surface area (Å²) in [7, 11) is 0. The van der Waals surface area contributed by atoms with Crippen LogP contribution < -0.4 is 0 Å². The molecule has 0 saturated heterocycles. The summed E-state index contributed by atoms with van der Waals surface area (Å²) in [6, 6.07) is 75.3. The van der Waals surface area contributed by atoms with Crippen molar-refractivity contribution >= 4 is 54.4 Å². The molecule has 0 spiro atoms. The molecule has 12 aromatic rings. The summed E-state index contributed by atoms with van der Waals surface area (Å²) in [6.07, 6.45) is 0. The monoisotopic (exact) mass is 765 g/mol. The third-order valence-corrected chi connectivity index (χ3v) is 11.8. The number of hydrogen-bond donors (Lipinski definition) is 0. The van der Waals surface area contributed by atoms with Gasteiger partial charge < -0.3 is 9.13 Å². The van der Waals surface area contributed by atoms with Gasteiger partial charge in [0.05, 0.1) is 27.8 Å². The predicted octanol–water partition coefficient (Wildman–Crippen LogP) is 13.9. The van der Waals surface area contributed by atoms with Gasteiger partial charge in [-0.15, -0.1) is 0 Å². The molecule has 0 atom stereocenters. The molecule has 9 aromatic carbocycles. The standard InChI is InChI=1S/C55H35N5/c1-3-15-37(16-4-1)53-56-54(38-17-5-2-6-18-38)58-55(57-53)39-26-30-42(31-27-39)59-49-23-11-9-21-44(49)46-34-40(28-32-51(46)59)41-29-33-52-47(35-41)45-22-10-12-24-50(45)60(52)48-25-13-19-36-14-7-8-20-43(36)48/h1-35H. The molecule has 12 rings (SSSR count). The molecule has 0 aliphatic rings. The van der Waals surface area contributed by atoms with Gasteiger partial charge >= 0.3 is 0 Å².